The Bertz CT molecular complexity index is 1240. The first kappa shape index (κ1) is 18.8. The van der Waals surface area contributed by atoms with E-state index in [0.29, 0.717) is 10.4 Å². The smallest absolute Gasteiger partial charge is 0.279 e. The summed E-state index contributed by atoms with van der Waals surface area (Å²) in [6.07, 6.45) is 0. The van der Waals surface area contributed by atoms with Crippen LogP contribution in [0.1, 0.15) is 15.9 Å². The first-order valence-electron chi connectivity index (χ1n) is 9.19. The predicted octanol–water partition coefficient (Wildman–Crippen LogP) is 4.39. The highest BCUT2D eigenvalue weighted by Gasteiger charge is 2.12. The number of carbonyl (C=O) groups excluding carboxylic acids is 2. The first-order chi connectivity index (χ1) is 14.1. The minimum absolute atomic E-state index is 0.0684. The van der Waals surface area contributed by atoms with Crippen LogP contribution in [0.4, 0.5) is 5.69 Å². The van der Waals surface area contributed by atoms with Crippen molar-refractivity contribution in [2.75, 3.05) is 5.32 Å². The number of fused-ring (bicyclic) bond motifs is 1. The minimum atomic E-state index is -0.325. The third-order valence-corrected chi connectivity index (χ3v) is 5.50. The molecule has 0 atom stereocenters. The van der Waals surface area contributed by atoms with Crippen LogP contribution < -0.4 is 10.1 Å². The summed E-state index contributed by atoms with van der Waals surface area (Å²) in [7, 11) is 0. The lowest BCUT2D eigenvalue weighted by atomic mass is 10.1. The Morgan fingerprint density at radius 1 is 0.931 bits per heavy atom. The summed E-state index contributed by atoms with van der Waals surface area (Å²) in [5, 5.41) is 2.88. The molecule has 4 aromatic rings. The molecule has 0 bridgehead atoms. The largest absolute Gasteiger partial charge is 0.325 e. The lowest BCUT2D eigenvalue weighted by Gasteiger charge is -2.07. The zero-order valence-electron chi connectivity index (χ0n) is 15.8. The molecule has 6 heteroatoms. The van der Waals surface area contributed by atoms with Crippen molar-refractivity contribution in [2.45, 2.75) is 13.5 Å². The van der Waals surface area contributed by atoms with Gasteiger partial charge in [0.15, 0.2) is 4.80 Å². The van der Waals surface area contributed by atoms with Crippen molar-refractivity contribution in [3.8, 4) is 0 Å². The van der Waals surface area contributed by atoms with Gasteiger partial charge < -0.3 is 9.88 Å². The lowest BCUT2D eigenvalue weighted by molar-refractivity contribution is -0.116. The van der Waals surface area contributed by atoms with Crippen molar-refractivity contribution in [2.24, 2.45) is 4.99 Å². The van der Waals surface area contributed by atoms with E-state index in [2.05, 4.69) is 10.3 Å². The second-order valence-corrected chi connectivity index (χ2v) is 7.64. The molecule has 4 rings (SSSR count). The molecule has 0 radical (unpaired) electrons. The zero-order valence-corrected chi connectivity index (χ0v) is 16.6. The standard InChI is InChI=1S/C23H19N3O2S/c1-16-11-13-17(14-12-16)22(28)25-23-26(19-9-5-6-10-20(19)29-23)15-21(27)24-18-7-3-2-4-8-18/h2-14H,15H2,1H3,(H,24,27). The van der Waals surface area contributed by atoms with Crippen LogP contribution in [0.5, 0.6) is 0 Å². The van der Waals surface area contributed by atoms with Gasteiger partial charge in [-0.2, -0.15) is 4.99 Å². The van der Waals surface area contributed by atoms with Gasteiger partial charge in [0.05, 0.1) is 10.2 Å². The monoisotopic (exact) mass is 401 g/mol. The number of nitrogens with zero attached hydrogens (tertiary/aromatic N) is 2. The molecule has 144 valence electrons. The topological polar surface area (TPSA) is 63.5 Å². The molecule has 0 aliphatic carbocycles. The molecule has 0 unspecified atom stereocenters. The summed E-state index contributed by atoms with van der Waals surface area (Å²) < 4.78 is 2.75. The predicted molar refractivity (Wildman–Crippen MR) is 116 cm³/mol. The molecular formula is C23H19N3O2S. The van der Waals surface area contributed by atoms with Crippen LogP contribution in [-0.4, -0.2) is 16.4 Å². The molecule has 0 fully saturated rings. The summed E-state index contributed by atoms with van der Waals surface area (Å²) >= 11 is 1.39. The number of rotatable bonds is 4. The van der Waals surface area contributed by atoms with Crippen molar-refractivity contribution < 1.29 is 9.59 Å². The highest BCUT2D eigenvalue weighted by Crippen LogP contribution is 2.17. The average molecular weight is 401 g/mol. The van der Waals surface area contributed by atoms with E-state index >= 15 is 0 Å². The number of amides is 2. The average Bonchev–Trinajstić information content (AvgIpc) is 3.06. The van der Waals surface area contributed by atoms with Crippen molar-refractivity contribution in [1.82, 2.24) is 4.57 Å². The molecule has 5 nitrogen and oxygen atoms in total. The molecule has 1 aromatic heterocycles. The number of aromatic nitrogens is 1. The Labute approximate surface area is 172 Å². The number of anilines is 1. The van der Waals surface area contributed by atoms with E-state index in [4.69, 9.17) is 0 Å². The summed E-state index contributed by atoms with van der Waals surface area (Å²) in [4.78, 5) is 30.1. The van der Waals surface area contributed by atoms with E-state index in [-0.39, 0.29) is 18.4 Å². The highest BCUT2D eigenvalue weighted by atomic mass is 32.1. The van der Waals surface area contributed by atoms with Crippen molar-refractivity contribution >= 4 is 39.1 Å². The van der Waals surface area contributed by atoms with E-state index in [0.717, 1.165) is 21.5 Å². The fourth-order valence-electron chi connectivity index (χ4n) is 2.97. The molecule has 0 saturated carbocycles. The first-order valence-corrected chi connectivity index (χ1v) is 10.0. The normalized spacial score (nSPS) is 11.6. The van der Waals surface area contributed by atoms with Crippen LogP contribution in [0.3, 0.4) is 0 Å². The number of carbonyl (C=O) groups is 2. The van der Waals surface area contributed by atoms with Gasteiger partial charge in [0.2, 0.25) is 5.91 Å². The molecule has 3 aromatic carbocycles. The van der Waals surface area contributed by atoms with Crippen LogP contribution in [0.25, 0.3) is 10.2 Å². The number of hydrogen-bond acceptors (Lipinski definition) is 3. The van der Waals surface area contributed by atoms with Gasteiger partial charge in [-0.05, 0) is 43.3 Å². The SMILES string of the molecule is Cc1ccc(C(=O)N=c2sc3ccccc3n2CC(=O)Nc2ccccc2)cc1. The van der Waals surface area contributed by atoms with E-state index in [1.807, 2.05) is 73.7 Å². The maximum atomic E-state index is 12.7. The number of nitrogens with one attached hydrogen (secondary N) is 1. The Kier molecular flexibility index (Phi) is 5.35. The molecule has 29 heavy (non-hydrogen) atoms. The third-order valence-electron chi connectivity index (χ3n) is 4.44. The quantitative estimate of drug-likeness (QED) is 0.551. The van der Waals surface area contributed by atoms with Gasteiger partial charge in [0.25, 0.3) is 5.91 Å². The van der Waals surface area contributed by atoms with Gasteiger partial charge in [0.1, 0.15) is 6.54 Å². The van der Waals surface area contributed by atoms with Gasteiger partial charge in [-0.25, -0.2) is 0 Å². The second kappa shape index (κ2) is 8.24. The molecule has 0 aliphatic heterocycles. The Morgan fingerprint density at radius 3 is 2.38 bits per heavy atom. The van der Waals surface area contributed by atoms with Crippen LogP contribution >= 0.6 is 11.3 Å². The highest BCUT2D eigenvalue weighted by molar-refractivity contribution is 7.16. The fourth-order valence-corrected chi connectivity index (χ4v) is 4.00. The summed E-state index contributed by atoms with van der Waals surface area (Å²) in [5.74, 6) is -0.502. The van der Waals surface area contributed by atoms with Gasteiger partial charge >= 0.3 is 0 Å². The van der Waals surface area contributed by atoms with Gasteiger partial charge in [0, 0.05) is 11.3 Å². The Morgan fingerprint density at radius 2 is 1.62 bits per heavy atom. The molecule has 0 aliphatic rings. The van der Waals surface area contributed by atoms with Gasteiger partial charge in [-0.15, -0.1) is 0 Å². The molecule has 0 spiro atoms. The van der Waals surface area contributed by atoms with Crippen molar-refractivity contribution in [1.29, 1.82) is 0 Å². The fraction of sp³-hybridized carbons (Fsp3) is 0.0870. The minimum Gasteiger partial charge on any atom is -0.325 e. The number of hydrogen-bond donors (Lipinski definition) is 1. The van der Waals surface area contributed by atoms with Crippen LogP contribution in [-0.2, 0) is 11.3 Å². The lowest BCUT2D eigenvalue weighted by Crippen LogP contribution is -2.25. The van der Waals surface area contributed by atoms with E-state index in [9.17, 15) is 9.59 Å². The maximum Gasteiger partial charge on any atom is 0.279 e. The molecular weight excluding hydrogens is 382 g/mol. The van der Waals surface area contributed by atoms with Crippen molar-refractivity contribution in [3.63, 3.8) is 0 Å². The summed E-state index contributed by atoms with van der Waals surface area (Å²) in [5.41, 5.74) is 3.20. The molecule has 2 amide bonds. The molecule has 1 heterocycles. The summed E-state index contributed by atoms with van der Waals surface area (Å²) in [6.45, 7) is 2.04. The number of benzene rings is 3. The Hall–Kier alpha value is -3.51. The van der Waals surface area contributed by atoms with E-state index in [1.54, 1.807) is 16.7 Å². The van der Waals surface area contributed by atoms with Crippen molar-refractivity contribution in [3.05, 3.63) is 94.8 Å². The molecule has 1 N–H and O–H groups in total. The summed E-state index contributed by atoms with van der Waals surface area (Å²) in [6, 6.07) is 24.3. The Balaban J connectivity index is 1.70. The molecule has 0 saturated heterocycles. The number of thiazole rings is 1. The van der Waals surface area contributed by atoms with Crippen LogP contribution in [0, 0.1) is 6.92 Å². The van der Waals surface area contributed by atoms with E-state index < -0.39 is 0 Å². The van der Waals surface area contributed by atoms with Gasteiger partial charge in [-0.1, -0.05) is 59.4 Å². The van der Waals surface area contributed by atoms with E-state index in [1.165, 1.54) is 11.3 Å². The third kappa shape index (κ3) is 4.33. The van der Waals surface area contributed by atoms with Crippen LogP contribution in [0.2, 0.25) is 0 Å². The second-order valence-electron chi connectivity index (χ2n) is 6.64. The maximum absolute atomic E-state index is 12.7. The zero-order chi connectivity index (χ0) is 20.2. The number of para-hydroxylation sites is 2. The van der Waals surface area contributed by atoms with Gasteiger partial charge in [-0.3, -0.25) is 9.59 Å². The number of aryl methyl sites for hydroxylation is 1. The van der Waals surface area contributed by atoms with Crippen LogP contribution in [0.15, 0.2) is 83.9 Å².